The number of amides is 1. The number of unbranched alkanes of at least 4 members (excludes halogenated alkanes) is 1. The number of nitrogens with zero attached hydrogens (tertiary/aromatic N) is 2. The van der Waals surface area contributed by atoms with Crippen molar-refractivity contribution in [1.29, 1.82) is 0 Å². The molecule has 0 bridgehead atoms. The summed E-state index contributed by atoms with van der Waals surface area (Å²) in [5, 5.41) is 15.7. The Bertz CT molecular complexity index is 1180. The van der Waals surface area contributed by atoms with Gasteiger partial charge in [0.05, 0.1) is 11.6 Å². The number of benzene rings is 2. The molecule has 7 nitrogen and oxygen atoms in total. The Morgan fingerprint density at radius 2 is 1.74 bits per heavy atom. The van der Waals surface area contributed by atoms with Crippen LogP contribution in [0.1, 0.15) is 57.8 Å². The lowest BCUT2D eigenvalue weighted by Crippen LogP contribution is -2.17. The average molecular weight is 473 g/mol. The van der Waals surface area contributed by atoms with E-state index in [0.717, 1.165) is 35.2 Å². The molecule has 1 aliphatic carbocycles. The third kappa shape index (κ3) is 7.43. The average Bonchev–Trinajstić information content (AvgIpc) is 2.85. The molecule has 1 amide bonds. The predicted octanol–water partition coefficient (Wildman–Crippen LogP) is 5.58. The molecule has 3 aromatic rings. The van der Waals surface area contributed by atoms with E-state index < -0.39 is 5.91 Å². The van der Waals surface area contributed by atoms with Crippen LogP contribution in [0.25, 0.3) is 10.9 Å². The Balaban J connectivity index is 1.43. The Kier molecular flexibility index (Phi) is 8.91. The second kappa shape index (κ2) is 12.7. The summed E-state index contributed by atoms with van der Waals surface area (Å²) in [7, 11) is 0. The SMILES string of the molecule is O=C(C#CCCCO)Nc1ccc2ncnc(Nc3ccc(OC4CCCCCCC4)cc3)c2c1. The number of ether oxygens (including phenoxy) is 1. The molecule has 3 N–H and O–H groups in total. The fraction of sp³-hybridized carbons (Fsp3) is 0.393. The molecule has 0 aliphatic heterocycles. The summed E-state index contributed by atoms with van der Waals surface area (Å²) in [6, 6.07) is 13.4. The number of carbonyl (C=O) groups excluding carboxylic acids is 1. The summed E-state index contributed by atoms with van der Waals surface area (Å²) in [5.74, 6) is 6.43. The van der Waals surface area contributed by atoms with Gasteiger partial charge in [0.1, 0.15) is 17.9 Å². The molecule has 0 spiro atoms. The van der Waals surface area contributed by atoms with E-state index in [1.165, 1.54) is 38.4 Å². The maximum Gasteiger partial charge on any atom is 0.300 e. The number of aliphatic hydroxyl groups is 1. The standard InChI is InChI=1S/C28H32N4O3/c33-18-8-4-7-11-27(34)31-22-14-17-26-25(19-22)28(30-20-29-26)32-21-12-15-24(16-13-21)35-23-9-5-2-1-3-6-10-23/h12-17,19-20,23,33H,1-6,8-10,18H2,(H,31,34)(H,29,30,32). The Hall–Kier alpha value is -3.63. The van der Waals surface area contributed by atoms with Crippen molar-refractivity contribution >= 4 is 34.0 Å². The summed E-state index contributed by atoms with van der Waals surface area (Å²) in [6.45, 7) is 0.0625. The summed E-state index contributed by atoms with van der Waals surface area (Å²) >= 11 is 0. The highest BCUT2D eigenvalue weighted by Crippen LogP contribution is 2.28. The van der Waals surface area contributed by atoms with Gasteiger partial charge in [-0.2, -0.15) is 0 Å². The van der Waals surface area contributed by atoms with E-state index in [4.69, 9.17) is 9.84 Å². The van der Waals surface area contributed by atoms with Crippen molar-refractivity contribution in [2.45, 2.75) is 63.9 Å². The van der Waals surface area contributed by atoms with E-state index >= 15 is 0 Å². The molecule has 1 aromatic heterocycles. The molecule has 0 saturated heterocycles. The second-order valence-electron chi connectivity index (χ2n) is 8.77. The third-order valence-electron chi connectivity index (χ3n) is 6.03. The molecule has 1 aliphatic rings. The molecule has 2 aromatic carbocycles. The first-order valence-corrected chi connectivity index (χ1v) is 12.4. The predicted molar refractivity (Wildman–Crippen MR) is 139 cm³/mol. The van der Waals surface area contributed by atoms with Gasteiger partial charge in [0.15, 0.2) is 0 Å². The van der Waals surface area contributed by atoms with Crippen LogP contribution >= 0.6 is 0 Å². The van der Waals surface area contributed by atoms with Crippen molar-refractivity contribution in [1.82, 2.24) is 9.97 Å². The van der Waals surface area contributed by atoms with Crippen molar-refractivity contribution in [3.63, 3.8) is 0 Å². The quantitative estimate of drug-likeness (QED) is 0.307. The van der Waals surface area contributed by atoms with Crippen LogP contribution in [-0.4, -0.2) is 33.7 Å². The van der Waals surface area contributed by atoms with Gasteiger partial charge in [0.2, 0.25) is 0 Å². The summed E-state index contributed by atoms with van der Waals surface area (Å²) in [4.78, 5) is 20.8. The summed E-state index contributed by atoms with van der Waals surface area (Å²) in [6.07, 6.45) is 11.5. The van der Waals surface area contributed by atoms with Crippen LogP contribution in [0.15, 0.2) is 48.8 Å². The van der Waals surface area contributed by atoms with E-state index in [1.807, 2.05) is 36.4 Å². The maximum absolute atomic E-state index is 12.1. The minimum atomic E-state index is -0.395. The molecule has 1 fully saturated rings. The molecule has 0 atom stereocenters. The molecule has 182 valence electrons. The number of anilines is 3. The number of rotatable bonds is 7. The van der Waals surface area contributed by atoms with E-state index in [1.54, 1.807) is 6.07 Å². The fourth-order valence-corrected chi connectivity index (χ4v) is 4.19. The molecule has 7 heteroatoms. The van der Waals surface area contributed by atoms with Gasteiger partial charge in [0.25, 0.3) is 5.91 Å². The zero-order valence-corrected chi connectivity index (χ0v) is 19.9. The summed E-state index contributed by atoms with van der Waals surface area (Å²) in [5.41, 5.74) is 2.26. The largest absolute Gasteiger partial charge is 0.490 e. The van der Waals surface area contributed by atoms with Crippen molar-refractivity contribution < 1.29 is 14.6 Å². The summed E-state index contributed by atoms with van der Waals surface area (Å²) < 4.78 is 6.24. The highest BCUT2D eigenvalue weighted by molar-refractivity contribution is 6.05. The van der Waals surface area contributed by atoms with Gasteiger partial charge in [-0.1, -0.05) is 25.2 Å². The van der Waals surface area contributed by atoms with Gasteiger partial charge in [-0.25, -0.2) is 9.97 Å². The minimum Gasteiger partial charge on any atom is -0.490 e. The van der Waals surface area contributed by atoms with Gasteiger partial charge < -0.3 is 20.5 Å². The highest BCUT2D eigenvalue weighted by atomic mass is 16.5. The lowest BCUT2D eigenvalue weighted by atomic mass is 9.98. The van der Waals surface area contributed by atoms with E-state index in [-0.39, 0.29) is 6.61 Å². The fourth-order valence-electron chi connectivity index (χ4n) is 4.19. The van der Waals surface area contributed by atoms with Crippen molar-refractivity contribution in [2.24, 2.45) is 0 Å². The number of hydrogen-bond donors (Lipinski definition) is 3. The van der Waals surface area contributed by atoms with Gasteiger partial charge in [-0.15, -0.1) is 0 Å². The monoisotopic (exact) mass is 472 g/mol. The van der Waals surface area contributed by atoms with Crippen LogP contribution in [0.5, 0.6) is 5.75 Å². The zero-order chi connectivity index (χ0) is 24.3. The van der Waals surface area contributed by atoms with E-state index in [9.17, 15) is 4.79 Å². The van der Waals surface area contributed by atoms with Crippen LogP contribution in [0.2, 0.25) is 0 Å². The maximum atomic E-state index is 12.1. The molecule has 35 heavy (non-hydrogen) atoms. The Morgan fingerprint density at radius 1 is 1.00 bits per heavy atom. The van der Waals surface area contributed by atoms with Crippen LogP contribution < -0.4 is 15.4 Å². The first-order valence-electron chi connectivity index (χ1n) is 12.4. The smallest absolute Gasteiger partial charge is 0.300 e. The molecular weight excluding hydrogens is 440 g/mol. The number of hydrogen-bond acceptors (Lipinski definition) is 6. The first-order chi connectivity index (χ1) is 17.2. The second-order valence-corrected chi connectivity index (χ2v) is 8.77. The Labute approximate surface area is 206 Å². The van der Waals surface area contributed by atoms with Gasteiger partial charge in [0, 0.05) is 29.8 Å². The van der Waals surface area contributed by atoms with Crippen LogP contribution in [0.4, 0.5) is 17.2 Å². The number of fused-ring (bicyclic) bond motifs is 1. The van der Waals surface area contributed by atoms with Crippen molar-refractivity contribution in [3.8, 4) is 17.6 Å². The Morgan fingerprint density at radius 3 is 2.51 bits per heavy atom. The molecule has 1 saturated carbocycles. The van der Waals surface area contributed by atoms with Gasteiger partial charge in [-0.05, 0) is 80.5 Å². The number of aliphatic hydroxyl groups excluding tert-OH is 1. The van der Waals surface area contributed by atoms with Crippen molar-refractivity contribution in [2.75, 3.05) is 17.2 Å². The third-order valence-corrected chi connectivity index (χ3v) is 6.03. The van der Waals surface area contributed by atoms with Crippen molar-refractivity contribution in [3.05, 3.63) is 48.8 Å². The van der Waals surface area contributed by atoms with Gasteiger partial charge in [-0.3, -0.25) is 4.79 Å². The number of aromatic nitrogens is 2. The lowest BCUT2D eigenvalue weighted by molar-refractivity contribution is -0.111. The lowest BCUT2D eigenvalue weighted by Gasteiger charge is -2.21. The van der Waals surface area contributed by atoms with E-state index in [0.29, 0.717) is 30.5 Å². The zero-order valence-electron chi connectivity index (χ0n) is 19.9. The van der Waals surface area contributed by atoms with Crippen LogP contribution in [-0.2, 0) is 4.79 Å². The molecule has 1 heterocycles. The minimum absolute atomic E-state index is 0.0625. The number of carbonyl (C=O) groups is 1. The van der Waals surface area contributed by atoms with Crippen LogP contribution in [0.3, 0.4) is 0 Å². The molecule has 0 unspecified atom stereocenters. The highest BCUT2D eigenvalue weighted by Gasteiger charge is 2.13. The molecule has 0 radical (unpaired) electrons. The van der Waals surface area contributed by atoms with Gasteiger partial charge >= 0.3 is 0 Å². The topological polar surface area (TPSA) is 96.4 Å². The number of nitrogens with one attached hydrogen (secondary N) is 2. The molecular formula is C28H32N4O3. The first kappa shape index (κ1) is 24.5. The normalized spacial score (nSPS) is 14.3. The van der Waals surface area contributed by atoms with E-state index in [2.05, 4.69) is 32.4 Å². The molecule has 4 rings (SSSR count). The van der Waals surface area contributed by atoms with Crippen LogP contribution in [0, 0.1) is 11.8 Å².